The molecule has 0 radical (unpaired) electrons. The fraction of sp³-hybridized carbons (Fsp3) is 0.320. The van der Waals surface area contributed by atoms with Gasteiger partial charge in [-0.1, -0.05) is 18.2 Å². The van der Waals surface area contributed by atoms with Crippen LogP contribution in [-0.2, 0) is 4.79 Å². The summed E-state index contributed by atoms with van der Waals surface area (Å²) in [5, 5.41) is 7.77. The van der Waals surface area contributed by atoms with Crippen LogP contribution in [0.2, 0.25) is 0 Å². The second kappa shape index (κ2) is 8.61. The van der Waals surface area contributed by atoms with E-state index in [1.165, 1.54) is 6.33 Å². The zero-order valence-electron chi connectivity index (χ0n) is 18.9. The highest BCUT2D eigenvalue weighted by Crippen LogP contribution is 2.45. The molecule has 2 atom stereocenters. The summed E-state index contributed by atoms with van der Waals surface area (Å²) in [6.07, 6.45) is 2.61. The number of benzene rings is 2. The third-order valence-electron chi connectivity index (χ3n) is 6.25. The van der Waals surface area contributed by atoms with Crippen LogP contribution in [0, 0.1) is 0 Å². The first-order valence-corrected chi connectivity index (χ1v) is 11.0. The number of Topliss-reactive ketones (excluding diaryl/α,β-unsaturated/α-hetero) is 1. The Morgan fingerprint density at radius 3 is 2.52 bits per heavy atom. The molecule has 33 heavy (non-hydrogen) atoms. The molecule has 2 heterocycles. The molecule has 3 aromatic rings. The maximum atomic E-state index is 13.5. The van der Waals surface area contributed by atoms with E-state index in [-0.39, 0.29) is 17.7 Å². The van der Waals surface area contributed by atoms with Gasteiger partial charge in [-0.15, -0.1) is 0 Å². The van der Waals surface area contributed by atoms with Crippen molar-refractivity contribution in [3.63, 3.8) is 0 Å². The van der Waals surface area contributed by atoms with Gasteiger partial charge in [-0.2, -0.15) is 10.1 Å². The maximum absolute atomic E-state index is 13.5. The zero-order chi connectivity index (χ0) is 22.9. The van der Waals surface area contributed by atoms with E-state index < -0.39 is 0 Å². The number of nitrogens with one attached hydrogen (secondary N) is 1. The molecule has 0 saturated heterocycles. The SMILES string of the molecule is CCOc1ccc(C2C3=C(CC(c4ccc(OC)c(OC)c4)CC3=O)Nc3ncnn32)cc1. The first-order chi connectivity index (χ1) is 16.1. The van der Waals surface area contributed by atoms with Gasteiger partial charge in [-0.25, -0.2) is 4.68 Å². The smallest absolute Gasteiger partial charge is 0.226 e. The van der Waals surface area contributed by atoms with E-state index in [2.05, 4.69) is 15.4 Å². The topological polar surface area (TPSA) is 87.5 Å². The van der Waals surface area contributed by atoms with E-state index in [4.69, 9.17) is 14.2 Å². The van der Waals surface area contributed by atoms with Gasteiger partial charge in [0, 0.05) is 17.7 Å². The highest BCUT2D eigenvalue weighted by Gasteiger charge is 2.39. The third-order valence-corrected chi connectivity index (χ3v) is 6.25. The Kier molecular flexibility index (Phi) is 5.50. The van der Waals surface area contributed by atoms with Crippen molar-refractivity contribution in [3.05, 3.63) is 71.2 Å². The van der Waals surface area contributed by atoms with E-state index in [0.29, 0.717) is 36.9 Å². The Balaban J connectivity index is 1.52. The summed E-state index contributed by atoms with van der Waals surface area (Å²) in [7, 11) is 3.23. The predicted molar refractivity (Wildman–Crippen MR) is 123 cm³/mol. The molecule has 0 saturated carbocycles. The summed E-state index contributed by atoms with van der Waals surface area (Å²) in [6.45, 7) is 2.56. The Morgan fingerprint density at radius 2 is 1.79 bits per heavy atom. The van der Waals surface area contributed by atoms with Crippen LogP contribution in [0.15, 0.2) is 60.1 Å². The molecule has 1 aromatic heterocycles. The van der Waals surface area contributed by atoms with E-state index >= 15 is 0 Å². The lowest BCUT2D eigenvalue weighted by atomic mass is 9.78. The first-order valence-electron chi connectivity index (χ1n) is 11.0. The number of carbonyl (C=O) groups excluding carboxylic acids is 1. The molecule has 5 rings (SSSR count). The number of hydrogen-bond acceptors (Lipinski definition) is 7. The monoisotopic (exact) mass is 446 g/mol. The average Bonchev–Trinajstić information content (AvgIpc) is 3.31. The maximum Gasteiger partial charge on any atom is 0.226 e. The molecule has 8 heteroatoms. The highest BCUT2D eigenvalue weighted by atomic mass is 16.5. The number of hydrogen-bond donors (Lipinski definition) is 1. The standard InChI is InChI=1S/C25H26N4O4/c1-4-33-18-8-5-15(6-9-18)24-23-19(28-25-26-14-27-29(24)25)11-17(12-20(23)30)16-7-10-21(31-2)22(13-16)32-3/h5-10,13-14,17,24H,4,11-12H2,1-3H3,(H,26,27,28). The van der Waals surface area contributed by atoms with Crippen LogP contribution in [0.25, 0.3) is 0 Å². The summed E-state index contributed by atoms with van der Waals surface area (Å²) in [5.74, 6) is 2.89. The third kappa shape index (κ3) is 3.71. The van der Waals surface area contributed by atoms with Crippen molar-refractivity contribution in [3.8, 4) is 17.2 Å². The van der Waals surface area contributed by atoms with E-state index in [9.17, 15) is 4.79 Å². The van der Waals surface area contributed by atoms with E-state index in [1.54, 1.807) is 18.9 Å². The first kappa shape index (κ1) is 21.1. The lowest BCUT2D eigenvalue weighted by Crippen LogP contribution is -2.33. The van der Waals surface area contributed by atoms with Crippen molar-refractivity contribution < 1.29 is 19.0 Å². The summed E-state index contributed by atoms with van der Waals surface area (Å²) < 4.78 is 18.2. The molecular formula is C25H26N4O4. The molecule has 0 amide bonds. The molecule has 1 N–H and O–H groups in total. The largest absolute Gasteiger partial charge is 0.494 e. The molecule has 0 fully saturated rings. The van der Waals surface area contributed by atoms with Crippen molar-refractivity contribution in [1.29, 1.82) is 0 Å². The number of ketones is 1. The summed E-state index contributed by atoms with van der Waals surface area (Å²) in [4.78, 5) is 17.9. The van der Waals surface area contributed by atoms with Crippen molar-refractivity contribution in [2.75, 3.05) is 26.1 Å². The minimum absolute atomic E-state index is 0.0269. The highest BCUT2D eigenvalue weighted by molar-refractivity contribution is 6.00. The Bertz CT molecular complexity index is 1220. The zero-order valence-corrected chi connectivity index (χ0v) is 18.9. The van der Waals surface area contributed by atoms with Crippen molar-refractivity contribution in [2.24, 2.45) is 0 Å². The Hall–Kier alpha value is -3.81. The van der Waals surface area contributed by atoms with Gasteiger partial charge in [-0.05, 0) is 54.7 Å². The molecule has 1 aliphatic heterocycles. The van der Waals surface area contributed by atoms with E-state index in [0.717, 1.165) is 28.1 Å². The number of ether oxygens (including phenoxy) is 3. The van der Waals surface area contributed by atoms with Crippen LogP contribution < -0.4 is 19.5 Å². The number of carbonyl (C=O) groups is 1. The van der Waals surface area contributed by atoms with Gasteiger partial charge >= 0.3 is 0 Å². The van der Waals surface area contributed by atoms with Crippen molar-refractivity contribution in [2.45, 2.75) is 31.7 Å². The minimum Gasteiger partial charge on any atom is -0.494 e. The lowest BCUT2D eigenvalue weighted by molar-refractivity contribution is -0.116. The Labute approximate surface area is 192 Å². The molecule has 8 nitrogen and oxygen atoms in total. The summed E-state index contributed by atoms with van der Waals surface area (Å²) >= 11 is 0. The fourth-order valence-electron chi connectivity index (χ4n) is 4.72. The number of allylic oxidation sites excluding steroid dienone is 2. The van der Waals surface area contributed by atoms with Crippen LogP contribution in [-0.4, -0.2) is 41.4 Å². The molecule has 2 aliphatic rings. The van der Waals surface area contributed by atoms with Gasteiger partial charge in [-0.3, -0.25) is 4.79 Å². The quantitative estimate of drug-likeness (QED) is 0.610. The summed E-state index contributed by atoms with van der Waals surface area (Å²) in [6, 6.07) is 13.4. The molecule has 2 unspecified atom stereocenters. The normalized spacial score (nSPS) is 19.4. The second-order valence-electron chi connectivity index (χ2n) is 8.09. The fourth-order valence-corrected chi connectivity index (χ4v) is 4.72. The number of fused-ring (bicyclic) bond motifs is 1. The van der Waals surface area contributed by atoms with Gasteiger partial charge < -0.3 is 19.5 Å². The van der Waals surface area contributed by atoms with Gasteiger partial charge in [0.1, 0.15) is 18.1 Å². The Morgan fingerprint density at radius 1 is 1.03 bits per heavy atom. The van der Waals surface area contributed by atoms with Gasteiger partial charge in [0.15, 0.2) is 17.3 Å². The molecule has 2 aromatic carbocycles. The van der Waals surface area contributed by atoms with Crippen LogP contribution >= 0.6 is 0 Å². The second-order valence-corrected chi connectivity index (χ2v) is 8.09. The molecule has 170 valence electrons. The number of nitrogens with zero attached hydrogens (tertiary/aromatic N) is 3. The summed E-state index contributed by atoms with van der Waals surface area (Å²) in [5.41, 5.74) is 3.65. The number of aromatic nitrogens is 3. The average molecular weight is 447 g/mol. The predicted octanol–water partition coefficient (Wildman–Crippen LogP) is 4.11. The van der Waals surface area contributed by atoms with Crippen molar-refractivity contribution >= 4 is 11.7 Å². The number of rotatable bonds is 6. The van der Waals surface area contributed by atoms with Crippen molar-refractivity contribution in [1.82, 2.24) is 14.8 Å². The molecular weight excluding hydrogens is 420 g/mol. The minimum atomic E-state index is -0.326. The number of anilines is 1. The van der Waals surface area contributed by atoms with Crippen LogP contribution in [0.3, 0.4) is 0 Å². The van der Waals surface area contributed by atoms with Crippen LogP contribution in [0.4, 0.5) is 5.95 Å². The van der Waals surface area contributed by atoms with Crippen LogP contribution in [0.5, 0.6) is 17.2 Å². The number of methoxy groups -OCH3 is 2. The molecule has 0 bridgehead atoms. The molecule has 1 aliphatic carbocycles. The lowest BCUT2D eigenvalue weighted by Gasteiger charge is -2.35. The van der Waals surface area contributed by atoms with Gasteiger partial charge in [0.2, 0.25) is 5.95 Å². The van der Waals surface area contributed by atoms with Crippen LogP contribution in [0.1, 0.15) is 42.9 Å². The van der Waals surface area contributed by atoms with E-state index in [1.807, 2.05) is 49.4 Å². The molecule has 0 spiro atoms. The van der Waals surface area contributed by atoms with Gasteiger partial charge in [0.05, 0.1) is 20.8 Å². The van der Waals surface area contributed by atoms with Gasteiger partial charge in [0.25, 0.3) is 0 Å².